The molecule has 0 saturated carbocycles. The number of carbonyl (C=O) groups excluding carboxylic acids is 1. The number of methoxy groups -OCH3 is 2. The summed E-state index contributed by atoms with van der Waals surface area (Å²) in [5.41, 5.74) is 4.15. The van der Waals surface area contributed by atoms with E-state index in [1.807, 2.05) is 12.3 Å². The highest BCUT2D eigenvalue weighted by Crippen LogP contribution is 2.39. The van der Waals surface area contributed by atoms with Crippen LogP contribution in [0, 0.1) is 0 Å². The molecular formula is C23H25N3O3S. The number of ether oxygens (including phenoxy) is 2. The van der Waals surface area contributed by atoms with E-state index in [0.29, 0.717) is 32.8 Å². The van der Waals surface area contributed by atoms with Crippen LogP contribution in [0.3, 0.4) is 0 Å². The van der Waals surface area contributed by atoms with E-state index in [0.717, 1.165) is 16.8 Å². The molecule has 0 atom stereocenters. The lowest BCUT2D eigenvalue weighted by molar-refractivity contribution is 0.127. The largest absolute Gasteiger partial charge is 0.383 e. The van der Waals surface area contributed by atoms with Crippen LogP contribution in [0.25, 0.3) is 20.5 Å². The normalized spacial score (nSPS) is 12.3. The van der Waals surface area contributed by atoms with E-state index < -0.39 is 0 Å². The van der Waals surface area contributed by atoms with Crippen LogP contribution in [-0.2, 0) is 16.0 Å². The van der Waals surface area contributed by atoms with E-state index in [1.165, 1.54) is 20.5 Å². The summed E-state index contributed by atoms with van der Waals surface area (Å²) in [4.78, 5) is 20.2. The monoisotopic (exact) mass is 423 g/mol. The third kappa shape index (κ3) is 4.38. The summed E-state index contributed by atoms with van der Waals surface area (Å²) in [6.07, 6.45) is 1.88. The third-order valence-corrected chi connectivity index (χ3v) is 6.27. The van der Waals surface area contributed by atoms with Gasteiger partial charge in [-0.15, -0.1) is 11.3 Å². The molecule has 0 aliphatic carbocycles. The SMILES string of the molecule is COCCN(CCOC)C(=O)Nc1cc2c(c(-c3cc4ccccc4s3)c1)CN=C2. The Morgan fingerprint density at radius 3 is 2.63 bits per heavy atom. The van der Waals surface area contributed by atoms with Crippen LogP contribution < -0.4 is 5.32 Å². The highest BCUT2D eigenvalue weighted by atomic mass is 32.1. The van der Waals surface area contributed by atoms with Crippen molar-refractivity contribution in [1.82, 2.24) is 4.90 Å². The van der Waals surface area contributed by atoms with E-state index >= 15 is 0 Å². The lowest BCUT2D eigenvalue weighted by Gasteiger charge is -2.23. The predicted molar refractivity (Wildman–Crippen MR) is 123 cm³/mol. The van der Waals surface area contributed by atoms with Crippen molar-refractivity contribution >= 4 is 39.4 Å². The number of fused-ring (bicyclic) bond motifs is 2. The summed E-state index contributed by atoms with van der Waals surface area (Å²) in [5.74, 6) is 0. The molecule has 4 rings (SSSR count). The van der Waals surface area contributed by atoms with Gasteiger partial charge in [0.1, 0.15) is 0 Å². The molecule has 6 nitrogen and oxygen atoms in total. The van der Waals surface area contributed by atoms with E-state index in [9.17, 15) is 4.79 Å². The Balaban J connectivity index is 1.63. The van der Waals surface area contributed by atoms with Crippen LogP contribution in [-0.4, -0.2) is 57.7 Å². The minimum Gasteiger partial charge on any atom is -0.383 e. The Morgan fingerprint density at radius 2 is 1.90 bits per heavy atom. The lowest BCUT2D eigenvalue weighted by Crippen LogP contribution is -2.39. The van der Waals surface area contributed by atoms with Crippen molar-refractivity contribution in [1.29, 1.82) is 0 Å². The van der Waals surface area contributed by atoms with Crippen molar-refractivity contribution in [3.05, 3.63) is 53.6 Å². The van der Waals surface area contributed by atoms with Crippen molar-refractivity contribution in [2.24, 2.45) is 4.99 Å². The van der Waals surface area contributed by atoms with Gasteiger partial charge in [-0.1, -0.05) is 18.2 Å². The Kier molecular flexibility index (Phi) is 6.42. The maximum atomic E-state index is 12.9. The molecule has 2 aromatic carbocycles. The molecule has 0 bridgehead atoms. The van der Waals surface area contributed by atoms with Crippen molar-refractivity contribution in [2.45, 2.75) is 6.54 Å². The van der Waals surface area contributed by atoms with Gasteiger partial charge in [0.05, 0.1) is 19.8 Å². The first-order chi connectivity index (χ1) is 14.7. The number of hydrogen-bond donors (Lipinski definition) is 1. The van der Waals surface area contributed by atoms with E-state index in [2.05, 4.69) is 46.7 Å². The number of thiophene rings is 1. The van der Waals surface area contributed by atoms with Crippen LogP contribution in [0.5, 0.6) is 0 Å². The first-order valence-corrected chi connectivity index (χ1v) is 10.7. The van der Waals surface area contributed by atoms with Crippen LogP contribution >= 0.6 is 11.3 Å². The Bertz CT molecular complexity index is 1040. The zero-order chi connectivity index (χ0) is 20.9. The summed E-state index contributed by atoms with van der Waals surface area (Å²) in [6, 6.07) is 14.5. The van der Waals surface area contributed by atoms with E-state index in [-0.39, 0.29) is 6.03 Å². The molecule has 0 saturated heterocycles. The molecule has 0 unspecified atom stereocenters. The number of nitrogens with zero attached hydrogens (tertiary/aromatic N) is 2. The molecule has 2 heterocycles. The molecule has 1 N–H and O–H groups in total. The van der Waals surface area contributed by atoms with Crippen LogP contribution in [0.1, 0.15) is 11.1 Å². The summed E-state index contributed by atoms with van der Waals surface area (Å²) >= 11 is 1.76. The topological polar surface area (TPSA) is 63.2 Å². The molecule has 1 aliphatic heterocycles. The molecule has 30 heavy (non-hydrogen) atoms. The number of benzene rings is 2. The summed E-state index contributed by atoms with van der Waals surface area (Å²) in [6.45, 7) is 2.62. The number of aliphatic imine (C=N–C) groups is 1. The highest BCUT2D eigenvalue weighted by Gasteiger charge is 2.19. The summed E-state index contributed by atoms with van der Waals surface area (Å²) < 4.78 is 11.5. The standard InChI is InChI=1S/C23H25N3O3S/c1-28-9-7-26(8-10-29-2)23(27)25-18-11-17-14-24-15-20(17)19(13-18)22-12-16-5-3-4-6-21(16)30-22/h3-6,11-14H,7-10,15H2,1-2H3,(H,25,27). The fourth-order valence-corrected chi connectivity index (χ4v) is 4.65. The molecule has 3 aromatic rings. The van der Waals surface area contributed by atoms with Crippen molar-refractivity contribution < 1.29 is 14.3 Å². The van der Waals surface area contributed by atoms with Gasteiger partial charge in [-0.25, -0.2) is 4.79 Å². The number of carbonyl (C=O) groups is 1. The summed E-state index contributed by atoms with van der Waals surface area (Å²) in [7, 11) is 3.26. The Labute approximate surface area is 180 Å². The van der Waals surface area contributed by atoms with Gasteiger partial charge in [0.15, 0.2) is 0 Å². The van der Waals surface area contributed by atoms with Crippen molar-refractivity contribution in [3.63, 3.8) is 0 Å². The van der Waals surface area contributed by atoms with E-state index in [4.69, 9.17) is 9.47 Å². The molecule has 2 amide bonds. The first-order valence-electron chi connectivity index (χ1n) is 9.89. The van der Waals surface area contributed by atoms with Crippen molar-refractivity contribution in [2.75, 3.05) is 45.8 Å². The fraction of sp³-hybridized carbons (Fsp3) is 0.304. The molecule has 1 aliphatic rings. The maximum Gasteiger partial charge on any atom is 0.322 e. The Hall–Kier alpha value is -2.74. The minimum absolute atomic E-state index is 0.165. The van der Waals surface area contributed by atoms with Gasteiger partial charge in [0.2, 0.25) is 0 Å². The van der Waals surface area contributed by atoms with Crippen molar-refractivity contribution in [3.8, 4) is 10.4 Å². The average molecular weight is 424 g/mol. The van der Waals surface area contributed by atoms with Crippen LogP contribution in [0.15, 0.2) is 47.5 Å². The number of nitrogens with one attached hydrogen (secondary N) is 1. The minimum atomic E-state index is -0.165. The third-order valence-electron chi connectivity index (χ3n) is 5.12. The van der Waals surface area contributed by atoms with Gasteiger partial charge >= 0.3 is 6.03 Å². The zero-order valence-electron chi connectivity index (χ0n) is 17.2. The number of anilines is 1. The molecule has 0 radical (unpaired) electrons. The zero-order valence-corrected chi connectivity index (χ0v) is 18.0. The van der Waals surface area contributed by atoms with Gasteiger partial charge in [0, 0.05) is 54.4 Å². The second-order valence-corrected chi connectivity index (χ2v) is 8.20. The molecule has 1 aromatic heterocycles. The first kappa shape index (κ1) is 20.5. The van der Waals surface area contributed by atoms with Crippen LogP contribution in [0.4, 0.5) is 10.5 Å². The van der Waals surface area contributed by atoms with Gasteiger partial charge in [-0.2, -0.15) is 0 Å². The van der Waals surface area contributed by atoms with Gasteiger partial charge < -0.3 is 19.7 Å². The average Bonchev–Trinajstić information content (AvgIpc) is 3.40. The molecular weight excluding hydrogens is 398 g/mol. The quantitative estimate of drug-likeness (QED) is 0.575. The molecule has 0 fully saturated rings. The number of rotatable bonds is 8. The molecule has 7 heteroatoms. The molecule has 0 spiro atoms. The van der Waals surface area contributed by atoms with Gasteiger partial charge in [-0.05, 0) is 40.8 Å². The highest BCUT2D eigenvalue weighted by molar-refractivity contribution is 7.22. The van der Waals surface area contributed by atoms with Crippen LogP contribution in [0.2, 0.25) is 0 Å². The van der Waals surface area contributed by atoms with E-state index in [1.54, 1.807) is 30.5 Å². The Morgan fingerprint density at radius 1 is 1.13 bits per heavy atom. The second-order valence-electron chi connectivity index (χ2n) is 7.11. The van der Waals surface area contributed by atoms with Gasteiger partial charge in [-0.3, -0.25) is 4.99 Å². The second kappa shape index (κ2) is 9.38. The number of urea groups is 1. The summed E-state index contributed by atoms with van der Waals surface area (Å²) in [5, 5.41) is 4.28. The fourth-order valence-electron chi connectivity index (χ4n) is 3.55. The van der Waals surface area contributed by atoms with Gasteiger partial charge in [0.25, 0.3) is 0 Å². The molecule has 156 valence electrons. The predicted octanol–water partition coefficient (Wildman–Crippen LogP) is 4.63. The lowest BCUT2D eigenvalue weighted by atomic mass is 10.0. The number of hydrogen-bond acceptors (Lipinski definition) is 5. The number of amides is 2. The smallest absolute Gasteiger partial charge is 0.322 e. The maximum absolute atomic E-state index is 12.9.